The van der Waals surface area contributed by atoms with Gasteiger partial charge in [-0.25, -0.2) is 0 Å². The fourth-order valence-corrected chi connectivity index (χ4v) is 2.09. The Labute approximate surface area is 109 Å². The van der Waals surface area contributed by atoms with Crippen LogP contribution < -0.4 is 0 Å². The van der Waals surface area contributed by atoms with Gasteiger partial charge in [0.25, 0.3) is 0 Å². The molecule has 1 aromatic carbocycles. The quantitative estimate of drug-likeness (QED) is 0.782. The Hall–Kier alpha value is -1.64. The molecule has 3 heteroatoms. The lowest BCUT2D eigenvalue weighted by atomic mass is 10.0. The number of aromatic nitrogens is 3. The van der Waals surface area contributed by atoms with Crippen LogP contribution in [0.4, 0.5) is 0 Å². The highest BCUT2D eigenvalue weighted by molar-refractivity contribution is 5.61. The summed E-state index contributed by atoms with van der Waals surface area (Å²) in [6.45, 7) is 4.33. The first kappa shape index (κ1) is 12.8. The highest BCUT2D eigenvalue weighted by Gasteiger charge is 2.09. The molecule has 0 saturated carbocycles. The predicted molar refractivity (Wildman–Crippen MR) is 74.4 cm³/mol. The van der Waals surface area contributed by atoms with Gasteiger partial charge in [-0.2, -0.15) is 15.4 Å². The van der Waals surface area contributed by atoms with Crippen molar-refractivity contribution in [3.8, 4) is 11.3 Å². The molecule has 1 N–H and O–H groups in total. The lowest BCUT2D eigenvalue weighted by Crippen LogP contribution is -1.90. The van der Waals surface area contributed by atoms with E-state index in [1.54, 1.807) is 0 Å². The van der Waals surface area contributed by atoms with Crippen molar-refractivity contribution in [2.45, 2.75) is 46.0 Å². The van der Waals surface area contributed by atoms with Crippen LogP contribution in [0.2, 0.25) is 0 Å². The molecule has 0 aliphatic rings. The Kier molecular flexibility index (Phi) is 4.51. The third-order valence-corrected chi connectivity index (χ3v) is 3.21. The Morgan fingerprint density at radius 3 is 2.50 bits per heavy atom. The van der Waals surface area contributed by atoms with Crippen LogP contribution >= 0.6 is 0 Å². The van der Waals surface area contributed by atoms with Crippen LogP contribution in [0.3, 0.4) is 0 Å². The summed E-state index contributed by atoms with van der Waals surface area (Å²) in [7, 11) is 0. The number of aromatic amines is 1. The normalized spacial score (nSPS) is 10.8. The van der Waals surface area contributed by atoms with Crippen LogP contribution in [0, 0.1) is 6.92 Å². The lowest BCUT2D eigenvalue weighted by Gasteiger charge is -2.01. The molecule has 0 radical (unpaired) electrons. The van der Waals surface area contributed by atoms with Crippen LogP contribution in [0.25, 0.3) is 11.3 Å². The van der Waals surface area contributed by atoms with E-state index in [-0.39, 0.29) is 0 Å². The standard InChI is InChI=1S/C15H21N3/c1-3-4-5-6-7-14-15(17-18-16-14)13-10-8-12(2)9-11-13/h8-11H,3-7H2,1-2H3,(H,16,17,18). The van der Waals surface area contributed by atoms with Gasteiger partial charge < -0.3 is 0 Å². The fraction of sp³-hybridized carbons (Fsp3) is 0.467. The topological polar surface area (TPSA) is 41.6 Å². The number of H-pyrrole nitrogens is 1. The SMILES string of the molecule is CCCCCCc1n[nH]nc1-c1ccc(C)cc1. The summed E-state index contributed by atoms with van der Waals surface area (Å²) >= 11 is 0. The molecule has 0 amide bonds. The summed E-state index contributed by atoms with van der Waals surface area (Å²) < 4.78 is 0. The predicted octanol–water partition coefficient (Wildman–Crippen LogP) is 3.90. The Bertz CT molecular complexity index is 471. The third kappa shape index (κ3) is 3.19. The molecular formula is C15H21N3. The zero-order chi connectivity index (χ0) is 12.8. The molecule has 1 heterocycles. The summed E-state index contributed by atoms with van der Waals surface area (Å²) in [5, 5.41) is 11.3. The molecule has 18 heavy (non-hydrogen) atoms. The first-order chi connectivity index (χ1) is 8.81. The number of hydrogen-bond donors (Lipinski definition) is 1. The third-order valence-electron chi connectivity index (χ3n) is 3.21. The smallest absolute Gasteiger partial charge is 0.115 e. The second kappa shape index (κ2) is 6.34. The Morgan fingerprint density at radius 1 is 1.00 bits per heavy atom. The zero-order valence-corrected chi connectivity index (χ0v) is 11.2. The molecular weight excluding hydrogens is 222 g/mol. The number of hydrogen-bond acceptors (Lipinski definition) is 2. The van der Waals surface area contributed by atoms with E-state index in [4.69, 9.17) is 0 Å². The second-order valence-electron chi connectivity index (χ2n) is 4.80. The van der Waals surface area contributed by atoms with Crippen LogP contribution in [0.5, 0.6) is 0 Å². The number of nitrogens with zero attached hydrogens (tertiary/aromatic N) is 2. The van der Waals surface area contributed by atoms with Crippen LogP contribution in [-0.4, -0.2) is 15.4 Å². The van der Waals surface area contributed by atoms with Gasteiger partial charge in [0.05, 0.1) is 5.69 Å². The minimum atomic E-state index is 1.01. The second-order valence-corrected chi connectivity index (χ2v) is 4.80. The number of aryl methyl sites for hydroxylation is 2. The highest BCUT2D eigenvalue weighted by atomic mass is 15.3. The number of unbranched alkanes of at least 4 members (excludes halogenated alkanes) is 3. The van der Waals surface area contributed by atoms with E-state index in [9.17, 15) is 0 Å². The molecule has 0 aliphatic heterocycles. The minimum absolute atomic E-state index is 1.01. The molecule has 0 atom stereocenters. The minimum Gasteiger partial charge on any atom is -0.197 e. The average molecular weight is 243 g/mol. The van der Waals surface area contributed by atoms with E-state index < -0.39 is 0 Å². The molecule has 0 unspecified atom stereocenters. The number of nitrogens with one attached hydrogen (secondary N) is 1. The zero-order valence-electron chi connectivity index (χ0n) is 11.2. The average Bonchev–Trinajstić information content (AvgIpc) is 2.84. The van der Waals surface area contributed by atoms with Crippen LogP contribution in [0.1, 0.15) is 43.9 Å². The highest BCUT2D eigenvalue weighted by Crippen LogP contribution is 2.21. The summed E-state index contributed by atoms with van der Waals surface area (Å²) in [6.07, 6.45) is 6.05. The molecule has 1 aromatic heterocycles. The van der Waals surface area contributed by atoms with E-state index in [0.29, 0.717) is 0 Å². The van der Waals surface area contributed by atoms with Crippen LogP contribution in [-0.2, 0) is 6.42 Å². The van der Waals surface area contributed by atoms with Gasteiger partial charge >= 0.3 is 0 Å². The van der Waals surface area contributed by atoms with E-state index in [2.05, 4.69) is 53.5 Å². The Balaban J connectivity index is 2.05. The van der Waals surface area contributed by atoms with Gasteiger partial charge in [-0.05, 0) is 19.8 Å². The van der Waals surface area contributed by atoms with Crippen molar-refractivity contribution in [3.05, 3.63) is 35.5 Å². The monoisotopic (exact) mass is 243 g/mol. The molecule has 0 bridgehead atoms. The molecule has 96 valence electrons. The van der Waals surface area contributed by atoms with E-state index in [0.717, 1.165) is 23.4 Å². The van der Waals surface area contributed by atoms with Crippen molar-refractivity contribution in [1.82, 2.24) is 15.4 Å². The van der Waals surface area contributed by atoms with Crippen molar-refractivity contribution in [3.63, 3.8) is 0 Å². The van der Waals surface area contributed by atoms with Crippen molar-refractivity contribution in [1.29, 1.82) is 0 Å². The summed E-state index contributed by atoms with van der Waals surface area (Å²) in [5.74, 6) is 0. The molecule has 0 spiro atoms. The summed E-state index contributed by atoms with van der Waals surface area (Å²) in [5.41, 5.74) is 4.52. The fourth-order valence-electron chi connectivity index (χ4n) is 2.09. The first-order valence-corrected chi connectivity index (χ1v) is 6.78. The molecule has 0 saturated heterocycles. The van der Waals surface area contributed by atoms with E-state index in [1.165, 1.54) is 31.2 Å². The van der Waals surface area contributed by atoms with Gasteiger partial charge in [0.1, 0.15) is 5.69 Å². The summed E-state index contributed by atoms with van der Waals surface area (Å²) in [6, 6.07) is 8.46. The van der Waals surface area contributed by atoms with E-state index in [1.807, 2.05) is 0 Å². The van der Waals surface area contributed by atoms with Gasteiger partial charge in [-0.1, -0.05) is 56.0 Å². The molecule has 2 rings (SSSR count). The van der Waals surface area contributed by atoms with Gasteiger partial charge in [0.15, 0.2) is 0 Å². The van der Waals surface area contributed by atoms with Crippen molar-refractivity contribution in [2.75, 3.05) is 0 Å². The summed E-state index contributed by atoms with van der Waals surface area (Å²) in [4.78, 5) is 0. The van der Waals surface area contributed by atoms with E-state index >= 15 is 0 Å². The first-order valence-electron chi connectivity index (χ1n) is 6.78. The van der Waals surface area contributed by atoms with Gasteiger partial charge in [-0.3, -0.25) is 0 Å². The molecule has 2 aromatic rings. The Morgan fingerprint density at radius 2 is 1.78 bits per heavy atom. The lowest BCUT2D eigenvalue weighted by molar-refractivity contribution is 0.660. The largest absolute Gasteiger partial charge is 0.197 e. The van der Waals surface area contributed by atoms with Crippen LogP contribution in [0.15, 0.2) is 24.3 Å². The maximum Gasteiger partial charge on any atom is 0.115 e. The van der Waals surface area contributed by atoms with Crippen molar-refractivity contribution >= 4 is 0 Å². The van der Waals surface area contributed by atoms with Gasteiger partial charge in [0.2, 0.25) is 0 Å². The number of rotatable bonds is 6. The number of benzene rings is 1. The maximum atomic E-state index is 4.28. The molecule has 3 nitrogen and oxygen atoms in total. The van der Waals surface area contributed by atoms with Crippen molar-refractivity contribution < 1.29 is 0 Å². The molecule has 0 fully saturated rings. The van der Waals surface area contributed by atoms with Gasteiger partial charge in [-0.15, -0.1) is 0 Å². The van der Waals surface area contributed by atoms with Crippen molar-refractivity contribution in [2.24, 2.45) is 0 Å². The maximum absolute atomic E-state index is 4.28. The molecule has 0 aliphatic carbocycles. The van der Waals surface area contributed by atoms with Gasteiger partial charge in [0, 0.05) is 5.56 Å².